The molecule has 1 amide bonds. The number of carbonyl (C=O) groups excluding carboxylic acids is 1. The number of rotatable bonds is 5. The highest BCUT2D eigenvalue weighted by atomic mass is 19.1. The Morgan fingerprint density at radius 2 is 2.04 bits per heavy atom. The molecule has 1 aromatic heterocycles. The van der Waals surface area contributed by atoms with E-state index in [2.05, 4.69) is 15.5 Å². The van der Waals surface area contributed by atoms with Gasteiger partial charge in [-0.3, -0.25) is 4.79 Å². The Bertz CT molecular complexity index is 846. The van der Waals surface area contributed by atoms with Gasteiger partial charge in [0.25, 0.3) is 5.91 Å². The average molecular weight is 327 g/mol. The van der Waals surface area contributed by atoms with Crippen molar-refractivity contribution in [3.8, 4) is 17.1 Å². The molecule has 0 radical (unpaired) electrons. The maximum Gasteiger partial charge on any atom is 0.262 e. The van der Waals surface area contributed by atoms with Crippen LogP contribution in [0.25, 0.3) is 11.4 Å². The maximum atomic E-state index is 12.8. The van der Waals surface area contributed by atoms with Gasteiger partial charge in [0.05, 0.1) is 0 Å². The number of hydrogen-bond acceptors (Lipinski definition) is 5. The van der Waals surface area contributed by atoms with E-state index in [1.165, 1.54) is 24.3 Å². The molecule has 1 heterocycles. The van der Waals surface area contributed by atoms with Crippen LogP contribution in [0.15, 0.2) is 53.1 Å². The molecular formula is C17H14FN3O3. The number of nitrogens with one attached hydrogen (secondary N) is 1. The van der Waals surface area contributed by atoms with Crippen LogP contribution < -0.4 is 10.1 Å². The topological polar surface area (TPSA) is 77.2 Å². The summed E-state index contributed by atoms with van der Waals surface area (Å²) in [7, 11) is 0. The summed E-state index contributed by atoms with van der Waals surface area (Å²) in [6.45, 7) is 1.53. The fraction of sp³-hybridized carbons (Fsp3) is 0.118. The lowest BCUT2D eigenvalue weighted by Crippen LogP contribution is -2.20. The number of halogens is 1. The van der Waals surface area contributed by atoms with E-state index >= 15 is 0 Å². The van der Waals surface area contributed by atoms with Crippen LogP contribution in [0.3, 0.4) is 0 Å². The highest BCUT2D eigenvalue weighted by Gasteiger charge is 2.08. The van der Waals surface area contributed by atoms with Crippen LogP contribution in [0.5, 0.6) is 5.75 Å². The summed E-state index contributed by atoms with van der Waals surface area (Å²) in [6.07, 6.45) is 0. The van der Waals surface area contributed by atoms with E-state index in [0.29, 0.717) is 23.2 Å². The lowest BCUT2D eigenvalue weighted by Gasteiger charge is -2.08. The van der Waals surface area contributed by atoms with Crippen LogP contribution in [0, 0.1) is 12.7 Å². The van der Waals surface area contributed by atoms with Crippen LogP contribution in [0.4, 0.5) is 10.1 Å². The molecule has 0 atom stereocenters. The van der Waals surface area contributed by atoms with Crippen LogP contribution in [0.2, 0.25) is 0 Å². The van der Waals surface area contributed by atoms with Crippen molar-refractivity contribution in [3.63, 3.8) is 0 Å². The Kier molecular flexibility index (Phi) is 4.51. The summed E-state index contributed by atoms with van der Waals surface area (Å²) in [4.78, 5) is 16.0. The number of amides is 1. The van der Waals surface area contributed by atoms with Crippen molar-refractivity contribution in [2.75, 3.05) is 11.9 Å². The normalized spacial score (nSPS) is 10.4. The Morgan fingerprint density at radius 1 is 1.25 bits per heavy atom. The zero-order chi connectivity index (χ0) is 16.9. The van der Waals surface area contributed by atoms with E-state index in [1.807, 2.05) is 6.07 Å². The van der Waals surface area contributed by atoms with Crippen molar-refractivity contribution in [2.24, 2.45) is 0 Å². The molecule has 24 heavy (non-hydrogen) atoms. The molecule has 2 aromatic carbocycles. The average Bonchev–Trinajstić information content (AvgIpc) is 3.02. The Morgan fingerprint density at radius 3 is 2.75 bits per heavy atom. The molecule has 0 spiro atoms. The first-order valence-corrected chi connectivity index (χ1v) is 7.19. The third-order valence-corrected chi connectivity index (χ3v) is 3.12. The lowest BCUT2D eigenvalue weighted by atomic mass is 10.2. The predicted octanol–water partition coefficient (Wildman–Crippen LogP) is 3.20. The molecule has 0 saturated heterocycles. The zero-order valence-electron chi connectivity index (χ0n) is 12.8. The molecule has 7 heteroatoms. The van der Waals surface area contributed by atoms with Crippen molar-refractivity contribution in [2.45, 2.75) is 6.92 Å². The molecule has 3 rings (SSSR count). The minimum absolute atomic E-state index is 0.175. The second kappa shape index (κ2) is 6.91. The zero-order valence-corrected chi connectivity index (χ0v) is 12.8. The van der Waals surface area contributed by atoms with Gasteiger partial charge in [-0.2, -0.15) is 4.98 Å². The highest BCUT2D eigenvalue weighted by molar-refractivity contribution is 5.91. The molecule has 0 bridgehead atoms. The first kappa shape index (κ1) is 15.7. The third-order valence-electron chi connectivity index (χ3n) is 3.12. The second-order valence-corrected chi connectivity index (χ2v) is 5.01. The van der Waals surface area contributed by atoms with E-state index < -0.39 is 0 Å². The molecular weight excluding hydrogens is 313 g/mol. The minimum Gasteiger partial charge on any atom is -0.484 e. The number of ether oxygens (including phenoxy) is 1. The van der Waals surface area contributed by atoms with E-state index in [4.69, 9.17) is 9.26 Å². The van der Waals surface area contributed by atoms with E-state index in [0.717, 1.165) is 5.56 Å². The SMILES string of the molecule is Cc1nc(-c2cccc(OCC(=O)Nc3ccc(F)cc3)c2)no1. The Balaban J connectivity index is 1.60. The molecule has 6 nitrogen and oxygen atoms in total. The Hall–Kier alpha value is -3.22. The largest absolute Gasteiger partial charge is 0.484 e. The summed E-state index contributed by atoms with van der Waals surface area (Å²) in [5.41, 5.74) is 1.23. The summed E-state index contributed by atoms with van der Waals surface area (Å²) >= 11 is 0. The van der Waals surface area contributed by atoms with Gasteiger partial charge in [-0.05, 0) is 36.4 Å². The summed E-state index contributed by atoms with van der Waals surface area (Å²) in [5.74, 6) is 0.716. The summed E-state index contributed by atoms with van der Waals surface area (Å²) in [6, 6.07) is 12.5. The molecule has 122 valence electrons. The molecule has 0 aliphatic carbocycles. The van der Waals surface area contributed by atoms with Crippen LogP contribution in [-0.4, -0.2) is 22.7 Å². The second-order valence-electron chi connectivity index (χ2n) is 5.01. The number of benzene rings is 2. The van der Waals surface area contributed by atoms with Gasteiger partial charge in [0.1, 0.15) is 11.6 Å². The fourth-order valence-corrected chi connectivity index (χ4v) is 2.02. The van der Waals surface area contributed by atoms with Gasteiger partial charge in [0.15, 0.2) is 6.61 Å². The van der Waals surface area contributed by atoms with Crippen LogP contribution in [0.1, 0.15) is 5.89 Å². The number of hydrogen-bond donors (Lipinski definition) is 1. The quantitative estimate of drug-likeness (QED) is 0.778. The summed E-state index contributed by atoms with van der Waals surface area (Å²) in [5, 5.41) is 6.45. The van der Waals surface area contributed by atoms with Crippen molar-refractivity contribution in [3.05, 3.63) is 60.2 Å². The van der Waals surface area contributed by atoms with Crippen molar-refractivity contribution < 1.29 is 18.4 Å². The third kappa shape index (κ3) is 3.95. The van der Waals surface area contributed by atoms with Gasteiger partial charge < -0.3 is 14.6 Å². The van der Waals surface area contributed by atoms with Gasteiger partial charge >= 0.3 is 0 Å². The van der Waals surface area contributed by atoms with Crippen molar-refractivity contribution in [1.82, 2.24) is 10.1 Å². The molecule has 0 aliphatic rings. The van der Waals surface area contributed by atoms with Crippen LogP contribution in [-0.2, 0) is 4.79 Å². The smallest absolute Gasteiger partial charge is 0.262 e. The maximum absolute atomic E-state index is 12.8. The lowest BCUT2D eigenvalue weighted by molar-refractivity contribution is -0.118. The summed E-state index contributed by atoms with van der Waals surface area (Å²) < 4.78 is 23.2. The number of anilines is 1. The van der Waals surface area contributed by atoms with E-state index in [-0.39, 0.29) is 18.3 Å². The monoisotopic (exact) mass is 327 g/mol. The molecule has 0 aliphatic heterocycles. The first-order chi connectivity index (χ1) is 11.6. The number of carbonyl (C=O) groups is 1. The van der Waals surface area contributed by atoms with Crippen molar-refractivity contribution in [1.29, 1.82) is 0 Å². The van der Waals surface area contributed by atoms with Gasteiger partial charge in [-0.15, -0.1) is 0 Å². The van der Waals surface area contributed by atoms with E-state index in [1.54, 1.807) is 25.1 Å². The number of aromatic nitrogens is 2. The molecule has 0 fully saturated rings. The molecule has 0 saturated carbocycles. The van der Waals surface area contributed by atoms with Gasteiger partial charge in [-0.1, -0.05) is 17.3 Å². The molecule has 0 unspecified atom stereocenters. The predicted molar refractivity (Wildman–Crippen MR) is 85.0 cm³/mol. The first-order valence-electron chi connectivity index (χ1n) is 7.19. The minimum atomic E-state index is -0.363. The van der Waals surface area contributed by atoms with Gasteiger partial charge in [0.2, 0.25) is 11.7 Å². The standard InChI is InChI=1S/C17H14FN3O3/c1-11-19-17(21-24-11)12-3-2-4-15(9-12)23-10-16(22)20-14-7-5-13(18)6-8-14/h2-9H,10H2,1H3,(H,20,22). The van der Waals surface area contributed by atoms with E-state index in [9.17, 15) is 9.18 Å². The highest BCUT2D eigenvalue weighted by Crippen LogP contribution is 2.21. The van der Waals surface area contributed by atoms with Crippen LogP contribution >= 0.6 is 0 Å². The number of nitrogens with zero attached hydrogens (tertiary/aromatic N) is 2. The van der Waals surface area contributed by atoms with Gasteiger partial charge in [0, 0.05) is 18.2 Å². The number of aryl methyl sites for hydroxylation is 1. The van der Waals surface area contributed by atoms with Crippen molar-refractivity contribution >= 4 is 11.6 Å². The molecule has 1 N–H and O–H groups in total. The van der Waals surface area contributed by atoms with Gasteiger partial charge in [-0.25, -0.2) is 4.39 Å². The Labute approximate surface area is 137 Å². The fourth-order valence-electron chi connectivity index (χ4n) is 2.02. The molecule has 3 aromatic rings.